The van der Waals surface area contributed by atoms with Crippen LogP contribution in [-0.4, -0.2) is 4.57 Å². The number of hydrogen-bond donors (Lipinski definition) is 0. The fourth-order valence-electron chi connectivity index (χ4n) is 5.87. The van der Waals surface area contributed by atoms with E-state index >= 15 is 0 Å². The van der Waals surface area contributed by atoms with Gasteiger partial charge in [0.1, 0.15) is 11.0 Å². The predicted molar refractivity (Wildman–Crippen MR) is 166 cm³/mol. The molecule has 0 atom stereocenters. The highest BCUT2D eigenvalue weighted by Crippen LogP contribution is 2.35. The number of nitrogens with zero attached hydrogens (tertiary/aromatic N) is 1. The third-order valence-electron chi connectivity index (χ3n) is 7.71. The summed E-state index contributed by atoms with van der Waals surface area (Å²) in [4.78, 5) is 0. The summed E-state index contributed by atoms with van der Waals surface area (Å²) in [6, 6.07) is 41.4. The second-order valence-electron chi connectivity index (χ2n) is 10.3. The van der Waals surface area contributed by atoms with Crippen molar-refractivity contribution >= 4 is 44.4 Å². The molecular weight excluding hydrogens is 474 g/mol. The molecule has 0 saturated heterocycles. The van der Waals surface area contributed by atoms with Crippen molar-refractivity contribution in [2.45, 2.75) is 20.8 Å². The van der Waals surface area contributed by atoms with E-state index in [1.165, 1.54) is 49.4 Å². The van der Waals surface area contributed by atoms with Crippen LogP contribution in [0.4, 0.5) is 0 Å². The fourth-order valence-corrected chi connectivity index (χ4v) is 5.87. The van der Waals surface area contributed by atoms with Gasteiger partial charge >= 0.3 is 0 Å². The molecule has 0 aliphatic heterocycles. The maximum absolute atomic E-state index is 6.41. The van der Waals surface area contributed by atoms with Crippen molar-refractivity contribution in [3.05, 3.63) is 126 Å². The SMILES string of the molecule is CC=c1c(=C(C)C)oc2c(-c3ccc(-c4ccc5c(c4)c4ccccc4n5-c4ccccc4)cc3)cccc12. The van der Waals surface area contributed by atoms with Crippen molar-refractivity contribution < 1.29 is 4.42 Å². The minimum atomic E-state index is 0.949. The molecule has 2 heterocycles. The highest BCUT2D eigenvalue weighted by atomic mass is 16.3. The second-order valence-corrected chi connectivity index (χ2v) is 10.3. The van der Waals surface area contributed by atoms with Crippen LogP contribution in [0.3, 0.4) is 0 Å². The quantitative estimate of drug-likeness (QED) is 0.235. The van der Waals surface area contributed by atoms with E-state index < -0.39 is 0 Å². The Morgan fingerprint density at radius 2 is 1.28 bits per heavy atom. The van der Waals surface area contributed by atoms with E-state index in [1.807, 2.05) is 0 Å². The lowest BCUT2D eigenvalue weighted by atomic mass is 9.98. The van der Waals surface area contributed by atoms with E-state index in [-0.39, 0.29) is 0 Å². The van der Waals surface area contributed by atoms with E-state index in [9.17, 15) is 0 Å². The second kappa shape index (κ2) is 9.18. The average Bonchev–Trinajstić information content (AvgIpc) is 3.53. The van der Waals surface area contributed by atoms with Crippen LogP contribution in [0.25, 0.3) is 72.4 Å². The van der Waals surface area contributed by atoms with Crippen molar-refractivity contribution in [3.8, 4) is 27.9 Å². The number of para-hydroxylation sites is 3. The molecule has 0 spiro atoms. The van der Waals surface area contributed by atoms with Crippen molar-refractivity contribution in [1.29, 1.82) is 0 Å². The zero-order valence-electron chi connectivity index (χ0n) is 22.4. The van der Waals surface area contributed by atoms with Crippen LogP contribution in [0.1, 0.15) is 20.8 Å². The van der Waals surface area contributed by atoms with Crippen molar-refractivity contribution in [3.63, 3.8) is 0 Å². The van der Waals surface area contributed by atoms with Crippen LogP contribution < -0.4 is 10.6 Å². The molecule has 5 aromatic carbocycles. The fraction of sp³-hybridized carbons (Fsp3) is 0.0811. The van der Waals surface area contributed by atoms with Gasteiger partial charge in [-0.05, 0) is 73.4 Å². The highest BCUT2D eigenvalue weighted by molar-refractivity contribution is 6.10. The van der Waals surface area contributed by atoms with Crippen LogP contribution in [0.5, 0.6) is 0 Å². The van der Waals surface area contributed by atoms with Gasteiger partial charge in [0.15, 0.2) is 0 Å². The molecule has 0 saturated carbocycles. The van der Waals surface area contributed by atoms with Gasteiger partial charge in [0.25, 0.3) is 0 Å². The van der Waals surface area contributed by atoms with Crippen molar-refractivity contribution in [2.75, 3.05) is 0 Å². The molecule has 7 aromatic rings. The maximum Gasteiger partial charge on any atom is 0.143 e. The molecule has 2 heteroatoms. The molecule has 0 aliphatic carbocycles. The highest BCUT2D eigenvalue weighted by Gasteiger charge is 2.14. The summed E-state index contributed by atoms with van der Waals surface area (Å²) in [6.07, 6.45) is 2.14. The van der Waals surface area contributed by atoms with E-state index in [0.29, 0.717) is 0 Å². The molecule has 0 bridgehead atoms. The minimum Gasteiger partial charge on any atom is -0.455 e. The Morgan fingerprint density at radius 3 is 2.05 bits per heavy atom. The first-order valence-corrected chi connectivity index (χ1v) is 13.5. The van der Waals surface area contributed by atoms with Crippen LogP contribution in [0.15, 0.2) is 120 Å². The Morgan fingerprint density at radius 1 is 0.615 bits per heavy atom. The normalized spacial score (nSPS) is 12.1. The minimum absolute atomic E-state index is 0.949. The van der Waals surface area contributed by atoms with Crippen molar-refractivity contribution in [2.24, 2.45) is 0 Å². The lowest BCUT2D eigenvalue weighted by molar-refractivity contribution is 0.572. The van der Waals surface area contributed by atoms with Crippen LogP contribution >= 0.6 is 0 Å². The molecule has 0 amide bonds. The zero-order valence-corrected chi connectivity index (χ0v) is 22.4. The largest absolute Gasteiger partial charge is 0.455 e. The Bertz CT molecular complexity index is 2120. The molecule has 39 heavy (non-hydrogen) atoms. The summed E-state index contributed by atoms with van der Waals surface area (Å²) in [5.41, 5.74) is 11.4. The lowest BCUT2D eigenvalue weighted by Crippen LogP contribution is -2.21. The van der Waals surface area contributed by atoms with Gasteiger partial charge in [-0.1, -0.05) is 91.0 Å². The van der Waals surface area contributed by atoms with Crippen LogP contribution in [0.2, 0.25) is 0 Å². The molecule has 2 aromatic heterocycles. The summed E-state index contributed by atoms with van der Waals surface area (Å²) >= 11 is 0. The number of benzene rings is 5. The van der Waals surface area contributed by atoms with Crippen LogP contribution in [-0.2, 0) is 0 Å². The van der Waals surface area contributed by atoms with Gasteiger partial charge < -0.3 is 8.98 Å². The summed E-state index contributed by atoms with van der Waals surface area (Å²) < 4.78 is 8.76. The standard InChI is InChI=1S/C37H29NO/c1-4-29-32-15-10-14-30(37(32)39-36(29)24(2)3)26-19-17-25(18-20-26)27-21-22-35-33(23-27)31-13-8-9-16-34(31)38(35)28-11-6-5-7-12-28/h4-23H,1-3H3. The van der Waals surface area contributed by atoms with Gasteiger partial charge in [0.2, 0.25) is 0 Å². The number of furan rings is 1. The summed E-state index contributed by atoms with van der Waals surface area (Å²) in [5, 5.41) is 4.86. The lowest BCUT2D eigenvalue weighted by Gasteiger charge is -2.09. The van der Waals surface area contributed by atoms with Gasteiger partial charge in [-0.25, -0.2) is 0 Å². The monoisotopic (exact) mass is 503 g/mol. The third-order valence-corrected chi connectivity index (χ3v) is 7.71. The number of aromatic nitrogens is 1. The Hall–Kier alpha value is -4.82. The molecule has 0 unspecified atom stereocenters. The molecule has 0 fully saturated rings. The Kier molecular flexibility index (Phi) is 5.49. The summed E-state index contributed by atoms with van der Waals surface area (Å²) in [7, 11) is 0. The van der Waals surface area contributed by atoms with Gasteiger partial charge in [0, 0.05) is 32.6 Å². The van der Waals surface area contributed by atoms with Gasteiger partial charge in [-0.3, -0.25) is 0 Å². The van der Waals surface area contributed by atoms with E-state index in [0.717, 1.165) is 27.5 Å². The van der Waals surface area contributed by atoms with Crippen LogP contribution in [0, 0.1) is 0 Å². The first-order valence-electron chi connectivity index (χ1n) is 13.5. The molecule has 2 nitrogen and oxygen atoms in total. The third kappa shape index (κ3) is 3.72. The van der Waals surface area contributed by atoms with Gasteiger partial charge in [0.05, 0.1) is 11.0 Å². The van der Waals surface area contributed by atoms with Gasteiger partial charge in [-0.15, -0.1) is 0 Å². The first-order chi connectivity index (χ1) is 19.1. The number of rotatable bonds is 3. The zero-order chi connectivity index (χ0) is 26.5. The smallest absolute Gasteiger partial charge is 0.143 e. The van der Waals surface area contributed by atoms with E-state index in [1.54, 1.807) is 0 Å². The molecule has 7 rings (SSSR count). The van der Waals surface area contributed by atoms with E-state index in [2.05, 4.69) is 147 Å². The first kappa shape index (κ1) is 23.3. The molecule has 0 radical (unpaired) electrons. The molecule has 0 N–H and O–H groups in total. The van der Waals surface area contributed by atoms with Crippen molar-refractivity contribution in [1.82, 2.24) is 4.57 Å². The number of fused-ring (bicyclic) bond motifs is 4. The average molecular weight is 504 g/mol. The summed E-state index contributed by atoms with van der Waals surface area (Å²) in [5.74, 6) is 0. The number of hydrogen-bond acceptors (Lipinski definition) is 1. The maximum atomic E-state index is 6.41. The molecule has 0 aliphatic rings. The molecule has 188 valence electrons. The Labute approximate surface area is 227 Å². The summed E-state index contributed by atoms with van der Waals surface area (Å²) in [6.45, 7) is 6.28. The molecular formula is C37H29NO. The predicted octanol–water partition coefficient (Wildman–Crippen LogP) is 8.85. The van der Waals surface area contributed by atoms with E-state index in [4.69, 9.17) is 4.42 Å². The topological polar surface area (TPSA) is 18.1 Å². The van der Waals surface area contributed by atoms with Gasteiger partial charge in [-0.2, -0.15) is 0 Å². The Balaban J connectivity index is 1.35.